The summed E-state index contributed by atoms with van der Waals surface area (Å²) in [5, 5.41) is 0. The van der Waals surface area contributed by atoms with Crippen molar-refractivity contribution < 1.29 is 8.42 Å². The Bertz CT molecular complexity index is 536. The molecule has 0 heterocycles. The Morgan fingerprint density at radius 2 is 1.73 bits per heavy atom. The number of nitrogens with zero attached hydrogens (tertiary/aromatic N) is 1. The predicted octanol–water partition coefficient (Wildman–Crippen LogP) is 2.82. The number of nitrogens with one attached hydrogen (secondary N) is 1. The van der Waals surface area contributed by atoms with Crippen LogP contribution in [0.25, 0.3) is 0 Å². The summed E-state index contributed by atoms with van der Waals surface area (Å²) in [6.45, 7) is 6.60. The molecule has 0 aliphatic heterocycles. The molecule has 0 amide bonds. The quantitative estimate of drug-likeness (QED) is 0.759. The van der Waals surface area contributed by atoms with Gasteiger partial charge in [0.05, 0.1) is 5.75 Å². The number of hydrogen-bond donors (Lipinski definition) is 1. The third kappa shape index (κ3) is 6.46. The Morgan fingerprint density at radius 1 is 1.14 bits per heavy atom. The smallest absolute Gasteiger partial charge is 0.211 e. The molecule has 0 aliphatic rings. The summed E-state index contributed by atoms with van der Waals surface area (Å²) in [4.78, 5) is 2.05. The fraction of sp³-hybridized carbons (Fsp3) is 0.647. The van der Waals surface area contributed by atoms with Gasteiger partial charge in [-0.1, -0.05) is 45.0 Å². The van der Waals surface area contributed by atoms with Gasteiger partial charge in [0.2, 0.25) is 10.0 Å². The Balaban J connectivity index is 2.72. The highest BCUT2D eigenvalue weighted by molar-refractivity contribution is 7.89. The van der Waals surface area contributed by atoms with Crippen LogP contribution in [0, 0.1) is 5.92 Å². The molecule has 126 valence electrons. The first-order chi connectivity index (χ1) is 10.2. The molecular weight excluding hydrogens is 296 g/mol. The lowest BCUT2D eigenvalue weighted by Crippen LogP contribution is -2.35. The van der Waals surface area contributed by atoms with Crippen LogP contribution < -0.4 is 4.72 Å². The molecule has 0 saturated carbocycles. The Morgan fingerprint density at radius 3 is 2.18 bits per heavy atom. The summed E-state index contributed by atoms with van der Waals surface area (Å²) in [6, 6.07) is 8.44. The molecule has 0 aliphatic carbocycles. The summed E-state index contributed by atoms with van der Waals surface area (Å²) in [5.41, 5.74) is 2.42. The van der Waals surface area contributed by atoms with Crippen molar-refractivity contribution in [3.63, 3.8) is 0 Å². The van der Waals surface area contributed by atoms with Crippen molar-refractivity contribution in [1.82, 2.24) is 9.62 Å². The minimum Gasteiger partial charge on any atom is -0.301 e. The molecule has 1 unspecified atom stereocenters. The van der Waals surface area contributed by atoms with E-state index in [1.165, 1.54) is 5.56 Å². The number of likely N-dealkylation sites (N-methyl/N-ethyl adjacent to an activating group) is 1. The van der Waals surface area contributed by atoms with Gasteiger partial charge in [-0.15, -0.1) is 0 Å². The molecule has 1 rings (SSSR count). The Hall–Kier alpha value is -0.910. The van der Waals surface area contributed by atoms with E-state index in [-0.39, 0.29) is 11.8 Å². The number of sulfonamides is 1. The maximum Gasteiger partial charge on any atom is 0.211 e. The highest BCUT2D eigenvalue weighted by Gasteiger charge is 2.18. The summed E-state index contributed by atoms with van der Waals surface area (Å²) < 4.78 is 26.9. The number of benzene rings is 1. The molecule has 0 bridgehead atoms. The largest absolute Gasteiger partial charge is 0.301 e. The molecule has 5 heteroatoms. The first-order valence-corrected chi connectivity index (χ1v) is 9.63. The van der Waals surface area contributed by atoms with E-state index >= 15 is 0 Å². The lowest BCUT2D eigenvalue weighted by molar-refractivity contribution is 0.299. The topological polar surface area (TPSA) is 49.4 Å². The van der Waals surface area contributed by atoms with Gasteiger partial charge in [0.1, 0.15) is 0 Å². The van der Waals surface area contributed by atoms with Crippen LogP contribution in [0.4, 0.5) is 0 Å². The van der Waals surface area contributed by atoms with Crippen molar-refractivity contribution in [1.29, 1.82) is 0 Å². The fourth-order valence-corrected chi connectivity index (χ4v) is 3.58. The molecule has 0 fully saturated rings. The average Bonchev–Trinajstić information content (AvgIpc) is 2.46. The second-order valence-electron chi connectivity index (χ2n) is 6.42. The fourth-order valence-electron chi connectivity index (χ4n) is 2.24. The van der Waals surface area contributed by atoms with E-state index in [1.54, 1.807) is 0 Å². The van der Waals surface area contributed by atoms with Crippen LogP contribution in [0.3, 0.4) is 0 Å². The van der Waals surface area contributed by atoms with Crippen LogP contribution in [0.2, 0.25) is 0 Å². The second kappa shape index (κ2) is 8.65. The highest BCUT2D eigenvalue weighted by Crippen LogP contribution is 2.18. The van der Waals surface area contributed by atoms with Crippen molar-refractivity contribution in [2.24, 2.45) is 5.92 Å². The normalized spacial score (nSPS) is 13.8. The van der Waals surface area contributed by atoms with E-state index in [1.807, 2.05) is 32.8 Å². The van der Waals surface area contributed by atoms with Crippen LogP contribution >= 0.6 is 0 Å². The molecule has 0 spiro atoms. The molecule has 1 N–H and O–H groups in total. The molecule has 0 saturated heterocycles. The van der Waals surface area contributed by atoms with Gasteiger partial charge >= 0.3 is 0 Å². The zero-order valence-corrected chi connectivity index (χ0v) is 15.3. The molecule has 1 atom stereocenters. The summed E-state index contributed by atoms with van der Waals surface area (Å²) in [6.07, 6.45) is 1.70. The van der Waals surface area contributed by atoms with Gasteiger partial charge in [-0.25, -0.2) is 13.1 Å². The zero-order valence-electron chi connectivity index (χ0n) is 14.5. The van der Waals surface area contributed by atoms with Crippen LogP contribution in [-0.4, -0.2) is 39.7 Å². The SMILES string of the molecule is CCc1ccc(C(CNS(=O)(=O)CCC(C)C)N(C)C)cc1. The van der Waals surface area contributed by atoms with Gasteiger partial charge < -0.3 is 4.90 Å². The monoisotopic (exact) mass is 326 g/mol. The van der Waals surface area contributed by atoms with Gasteiger partial charge in [0, 0.05) is 12.6 Å². The number of aryl methyl sites for hydroxylation is 1. The van der Waals surface area contributed by atoms with E-state index in [0.717, 1.165) is 12.0 Å². The van der Waals surface area contributed by atoms with Gasteiger partial charge in [0.15, 0.2) is 0 Å². The molecule has 4 nitrogen and oxygen atoms in total. The lowest BCUT2D eigenvalue weighted by Gasteiger charge is -2.25. The standard InChI is InChI=1S/C17H30N2O2S/c1-6-15-7-9-16(10-8-15)17(19(4)5)13-18-22(20,21)12-11-14(2)3/h7-10,14,17-18H,6,11-13H2,1-5H3. The summed E-state index contributed by atoms with van der Waals surface area (Å²) >= 11 is 0. The van der Waals surface area contributed by atoms with Crippen molar-refractivity contribution in [2.75, 3.05) is 26.4 Å². The average molecular weight is 327 g/mol. The summed E-state index contributed by atoms with van der Waals surface area (Å²) in [7, 11) is 0.743. The van der Waals surface area contributed by atoms with Gasteiger partial charge in [-0.05, 0) is 44.0 Å². The van der Waals surface area contributed by atoms with E-state index in [0.29, 0.717) is 18.9 Å². The molecule has 1 aromatic carbocycles. The van der Waals surface area contributed by atoms with E-state index in [4.69, 9.17) is 0 Å². The van der Waals surface area contributed by atoms with Crippen molar-refractivity contribution in [3.05, 3.63) is 35.4 Å². The van der Waals surface area contributed by atoms with E-state index in [2.05, 4.69) is 35.9 Å². The first kappa shape index (κ1) is 19.1. The Labute approximate surface area is 136 Å². The maximum absolute atomic E-state index is 12.1. The van der Waals surface area contributed by atoms with Gasteiger partial charge in [-0.2, -0.15) is 0 Å². The number of hydrogen-bond acceptors (Lipinski definition) is 3. The summed E-state index contributed by atoms with van der Waals surface area (Å²) in [5.74, 6) is 0.586. The second-order valence-corrected chi connectivity index (χ2v) is 8.35. The lowest BCUT2D eigenvalue weighted by atomic mass is 10.0. The Kier molecular flexibility index (Phi) is 7.53. The minimum absolute atomic E-state index is 0.0414. The first-order valence-electron chi connectivity index (χ1n) is 7.97. The maximum atomic E-state index is 12.1. The molecule has 0 radical (unpaired) electrons. The van der Waals surface area contributed by atoms with Crippen LogP contribution in [0.1, 0.15) is 44.4 Å². The van der Waals surface area contributed by atoms with Crippen molar-refractivity contribution >= 4 is 10.0 Å². The molecule has 0 aromatic heterocycles. The van der Waals surface area contributed by atoms with Crippen LogP contribution in [0.15, 0.2) is 24.3 Å². The number of rotatable bonds is 9. The van der Waals surface area contributed by atoms with Crippen LogP contribution in [-0.2, 0) is 16.4 Å². The third-order valence-corrected chi connectivity index (χ3v) is 5.24. The van der Waals surface area contributed by atoms with Gasteiger partial charge in [0.25, 0.3) is 0 Å². The predicted molar refractivity (Wildman–Crippen MR) is 93.5 cm³/mol. The van der Waals surface area contributed by atoms with Crippen molar-refractivity contribution in [2.45, 2.75) is 39.7 Å². The highest BCUT2D eigenvalue weighted by atomic mass is 32.2. The molecule has 1 aromatic rings. The molecule has 22 heavy (non-hydrogen) atoms. The van der Waals surface area contributed by atoms with Crippen LogP contribution in [0.5, 0.6) is 0 Å². The zero-order chi connectivity index (χ0) is 16.8. The van der Waals surface area contributed by atoms with Gasteiger partial charge in [-0.3, -0.25) is 0 Å². The van der Waals surface area contributed by atoms with E-state index < -0.39 is 10.0 Å². The third-order valence-electron chi connectivity index (χ3n) is 3.86. The van der Waals surface area contributed by atoms with E-state index in [9.17, 15) is 8.42 Å². The molecular formula is C17H30N2O2S. The van der Waals surface area contributed by atoms with Crippen molar-refractivity contribution in [3.8, 4) is 0 Å². The minimum atomic E-state index is -3.20.